The highest BCUT2D eigenvalue weighted by atomic mass is 32.1. The van der Waals surface area contributed by atoms with Gasteiger partial charge in [-0.1, -0.05) is 18.2 Å². The first-order chi connectivity index (χ1) is 14.6. The van der Waals surface area contributed by atoms with Crippen molar-refractivity contribution >= 4 is 34.4 Å². The van der Waals surface area contributed by atoms with Gasteiger partial charge in [-0.25, -0.2) is 4.79 Å². The number of carbonyl (C=O) groups excluding carboxylic acids is 2. The number of hydrogen-bond acceptors (Lipinski definition) is 6. The first-order valence-corrected chi connectivity index (χ1v) is 10.5. The van der Waals surface area contributed by atoms with Gasteiger partial charge in [-0.2, -0.15) is 5.26 Å². The molecule has 0 saturated heterocycles. The van der Waals surface area contributed by atoms with E-state index in [0.29, 0.717) is 42.9 Å². The van der Waals surface area contributed by atoms with E-state index >= 15 is 0 Å². The van der Waals surface area contributed by atoms with Crippen molar-refractivity contribution in [3.05, 3.63) is 64.3 Å². The maximum Gasteiger partial charge on any atom is 0.410 e. The lowest BCUT2D eigenvalue weighted by Gasteiger charge is -2.25. The van der Waals surface area contributed by atoms with Gasteiger partial charge in [-0.3, -0.25) is 9.78 Å². The number of nitrogens with zero attached hydrogens (tertiary/aromatic N) is 3. The Morgan fingerprint density at radius 3 is 2.93 bits per heavy atom. The fourth-order valence-corrected chi connectivity index (χ4v) is 4.77. The number of rotatable bonds is 4. The number of nitriles is 1. The van der Waals surface area contributed by atoms with E-state index in [0.717, 1.165) is 16.0 Å². The number of hydrogen-bond donors (Lipinski definition) is 1. The van der Waals surface area contributed by atoms with Crippen molar-refractivity contribution in [2.24, 2.45) is 0 Å². The second-order valence-corrected chi connectivity index (χ2v) is 8.16. The lowest BCUT2D eigenvalue weighted by molar-refractivity contribution is -0.111. The molecule has 1 aliphatic heterocycles. The molecule has 8 heteroatoms. The summed E-state index contributed by atoms with van der Waals surface area (Å²) < 4.78 is 5.65. The van der Waals surface area contributed by atoms with E-state index in [2.05, 4.69) is 16.4 Å². The van der Waals surface area contributed by atoms with Crippen LogP contribution in [0.25, 0.3) is 6.08 Å². The second-order valence-electron chi connectivity index (χ2n) is 7.05. The van der Waals surface area contributed by atoms with Crippen molar-refractivity contribution in [2.75, 3.05) is 18.4 Å². The first kappa shape index (κ1) is 19.9. The molecule has 0 saturated carbocycles. The van der Waals surface area contributed by atoms with E-state index in [1.54, 1.807) is 29.4 Å². The number of carbonyl (C=O) groups is 2. The quantitative estimate of drug-likeness (QED) is 0.603. The van der Waals surface area contributed by atoms with Crippen molar-refractivity contribution < 1.29 is 14.3 Å². The fourth-order valence-electron chi connectivity index (χ4n) is 3.51. The highest BCUT2D eigenvalue weighted by molar-refractivity contribution is 7.16. The Labute approximate surface area is 178 Å². The number of pyridine rings is 1. The summed E-state index contributed by atoms with van der Waals surface area (Å²) in [5.74, 6) is -0.307. The highest BCUT2D eigenvalue weighted by Crippen LogP contribution is 2.38. The first-order valence-electron chi connectivity index (χ1n) is 9.68. The van der Waals surface area contributed by atoms with Crippen LogP contribution in [0.1, 0.15) is 28.0 Å². The summed E-state index contributed by atoms with van der Waals surface area (Å²) in [6.45, 7) is 1.16. The molecular formula is C22H20N4O3S. The summed E-state index contributed by atoms with van der Waals surface area (Å²) in [6.07, 6.45) is 11.6. The number of amides is 2. The summed E-state index contributed by atoms with van der Waals surface area (Å²) in [5.41, 5.74) is 2.27. The second kappa shape index (κ2) is 8.93. The van der Waals surface area contributed by atoms with Crippen molar-refractivity contribution in [1.29, 1.82) is 5.26 Å². The van der Waals surface area contributed by atoms with Crippen molar-refractivity contribution in [3.63, 3.8) is 0 Å². The average molecular weight is 420 g/mol. The van der Waals surface area contributed by atoms with Crippen LogP contribution in [0.4, 0.5) is 9.80 Å². The standard InChI is InChI=1S/C22H20N4O3S/c23-13-18-17-7-6-16(29-22(28)26-10-1-2-11-26)12-19(17)30-21(18)25-20(27)8-5-15-4-3-9-24-14-15/h1-5,8-9,14,16H,6-7,10-12H2,(H,25,27)/b8-5+. The van der Waals surface area contributed by atoms with Gasteiger partial charge in [0.25, 0.3) is 0 Å². The van der Waals surface area contributed by atoms with Crippen molar-refractivity contribution in [1.82, 2.24) is 9.88 Å². The summed E-state index contributed by atoms with van der Waals surface area (Å²) in [5, 5.41) is 13.0. The van der Waals surface area contributed by atoms with Crippen LogP contribution >= 0.6 is 11.3 Å². The third kappa shape index (κ3) is 4.42. The molecule has 0 radical (unpaired) electrons. The molecule has 152 valence electrons. The molecule has 2 aliphatic rings. The van der Waals surface area contributed by atoms with Gasteiger partial charge >= 0.3 is 6.09 Å². The minimum absolute atomic E-state index is 0.218. The smallest absolute Gasteiger partial charge is 0.410 e. The summed E-state index contributed by atoms with van der Waals surface area (Å²) in [7, 11) is 0. The molecule has 30 heavy (non-hydrogen) atoms. The third-order valence-electron chi connectivity index (χ3n) is 5.02. The van der Waals surface area contributed by atoms with Crippen LogP contribution in [0.15, 0.2) is 42.8 Å². The van der Waals surface area contributed by atoms with Crippen LogP contribution in [0, 0.1) is 11.3 Å². The third-order valence-corrected chi connectivity index (χ3v) is 6.19. The lowest BCUT2D eigenvalue weighted by atomic mass is 9.94. The predicted molar refractivity (Wildman–Crippen MR) is 114 cm³/mol. The Morgan fingerprint density at radius 2 is 2.20 bits per heavy atom. The van der Waals surface area contributed by atoms with E-state index in [9.17, 15) is 14.9 Å². The fraction of sp³-hybridized carbons (Fsp3) is 0.273. The van der Waals surface area contributed by atoms with Crippen LogP contribution < -0.4 is 5.32 Å². The van der Waals surface area contributed by atoms with E-state index in [1.165, 1.54) is 17.4 Å². The zero-order valence-corrected chi connectivity index (χ0v) is 17.0. The Morgan fingerprint density at radius 1 is 1.37 bits per heavy atom. The molecule has 1 unspecified atom stereocenters. The van der Waals surface area contributed by atoms with Crippen molar-refractivity contribution in [3.8, 4) is 6.07 Å². The van der Waals surface area contributed by atoms with Crippen LogP contribution in [0.3, 0.4) is 0 Å². The monoisotopic (exact) mass is 420 g/mol. The molecule has 2 aromatic heterocycles. The Kier molecular flexibility index (Phi) is 5.91. The van der Waals surface area contributed by atoms with Crippen LogP contribution in [-0.2, 0) is 22.4 Å². The predicted octanol–water partition coefficient (Wildman–Crippen LogP) is 3.53. The molecule has 0 aromatic carbocycles. The van der Waals surface area contributed by atoms with Crippen molar-refractivity contribution in [2.45, 2.75) is 25.4 Å². The molecule has 1 aliphatic carbocycles. The van der Waals surface area contributed by atoms with Gasteiger partial charge in [-0.15, -0.1) is 11.3 Å². The topological polar surface area (TPSA) is 95.3 Å². The van der Waals surface area contributed by atoms with Gasteiger partial charge in [0.2, 0.25) is 5.91 Å². The molecule has 0 fully saturated rings. The molecule has 4 rings (SSSR count). The van der Waals surface area contributed by atoms with Gasteiger partial charge < -0.3 is 15.0 Å². The molecule has 2 aromatic rings. The Hall–Kier alpha value is -3.44. The zero-order chi connectivity index (χ0) is 20.9. The van der Waals surface area contributed by atoms with Gasteiger partial charge in [0, 0.05) is 42.9 Å². The van der Waals surface area contributed by atoms with E-state index in [1.807, 2.05) is 18.2 Å². The van der Waals surface area contributed by atoms with Gasteiger partial charge in [-0.05, 0) is 36.1 Å². The Bertz CT molecular complexity index is 1040. The van der Waals surface area contributed by atoms with E-state index in [4.69, 9.17) is 4.74 Å². The maximum atomic E-state index is 12.3. The minimum Gasteiger partial charge on any atom is -0.446 e. The summed E-state index contributed by atoms with van der Waals surface area (Å²) >= 11 is 1.38. The Balaban J connectivity index is 1.42. The van der Waals surface area contributed by atoms with Gasteiger partial charge in [0.1, 0.15) is 17.2 Å². The number of thiophene rings is 1. The SMILES string of the molecule is N#Cc1c(NC(=O)/C=C/c2cccnc2)sc2c1CCC(OC(=O)N1CC=CC1)C2. The molecule has 3 heterocycles. The molecule has 7 nitrogen and oxygen atoms in total. The van der Waals surface area contributed by atoms with Gasteiger partial charge in [0.05, 0.1) is 5.56 Å². The molecular weight excluding hydrogens is 400 g/mol. The molecule has 0 spiro atoms. The normalized spacial score (nSPS) is 17.6. The lowest BCUT2D eigenvalue weighted by Crippen LogP contribution is -2.34. The maximum absolute atomic E-state index is 12.3. The minimum atomic E-state index is -0.307. The number of aromatic nitrogens is 1. The summed E-state index contributed by atoms with van der Waals surface area (Å²) in [6, 6.07) is 5.86. The zero-order valence-electron chi connectivity index (χ0n) is 16.2. The van der Waals surface area contributed by atoms with E-state index in [-0.39, 0.29) is 18.1 Å². The largest absolute Gasteiger partial charge is 0.446 e. The number of fused-ring (bicyclic) bond motifs is 1. The van der Waals surface area contributed by atoms with Crippen LogP contribution in [-0.4, -0.2) is 41.1 Å². The average Bonchev–Trinajstić information content (AvgIpc) is 3.40. The van der Waals surface area contributed by atoms with E-state index < -0.39 is 0 Å². The molecule has 0 bridgehead atoms. The summed E-state index contributed by atoms with van der Waals surface area (Å²) in [4.78, 5) is 31.2. The molecule has 2 amide bonds. The number of ether oxygens (including phenoxy) is 1. The number of anilines is 1. The molecule has 1 atom stereocenters. The van der Waals surface area contributed by atoms with Crippen LogP contribution in [0.5, 0.6) is 0 Å². The van der Waals surface area contributed by atoms with Gasteiger partial charge in [0.15, 0.2) is 0 Å². The highest BCUT2D eigenvalue weighted by Gasteiger charge is 2.29. The van der Waals surface area contributed by atoms with Crippen LogP contribution in [0.2, 0.25) is 0 Å². The molecule has 1 N–H and O–H groups in total. The number of nitrogens with one attached hydrogen (secondary N) is 1.